The molecule has 0 unspecified atom stereocenters. The number of anilines is 1. The third-order valence-electron chi connectivity index (χ3n) is 3.97. The van der Waals surface area contributed by atoms with Gasteiger partial charge < -0.3 is 15.5 Å². The van der Waals surface area contributed by atoms with Gasteiger partial charge in [0.05, 0.1) is 21.0 Å². The molecule has 0 fully saturated rings. The molecule has 0 aliphatic carbocycles. The van der Waals surface area contributed by atoms with E-state index < -0.39 is 41.7 Å². The summed E-state index contributed by atoms with van der Waals surface area (Å²) in [5, 5.41) is 22.0. The van der Waals surface area contributed by atoms with Gasteiger partial charge in [0.15, 0.2) is 0 Å². The predicted molar refractivity (Wildman–Crippen MR) is 101 cm³/mol. The van der Waals surface area contributed by atoms with E-state index in [1.807, 2.05) is 0 Å². The number of amides is 1. The standard InChI is InChI=1S/C17H13NO9S2/c19-14-4-2-1-3-12(14)17(21)18-13-7-10(28(22,23)24)5-9-6-11(29(25,26)27)8-15(20)16(9)13/h1-8,19-20H,(H,18,21)(H,22,23,24)(H,25,26,27). The summed E-state index contributed by atoms with van der Waals surface area (Å²) in [4.78, 5) is 11.0. The van der Waals surface area contributed by atoms with E-state index in [0.29, 0.717) is 6.07 Å². The van der Waals surface area contributed by atoms with Crippen molar-refractivity contribution in [2.24, 2.45) is 0 Å². The van der Waals surface area contributed by atoms with Crippen molar-refractivity contribution in [3.63, 3.8) is 0 Å². The molecule has 0 bridgehead atoms. The van der Waals surface area contributed by atoms with Gasteiger partial charge in [0.2, 0.25) is 0 Å². The van der Waals surface area contributed by atoms with Crippen LogP contribution < -0.4 is 5.32 Å². The van der Waals surface area contributed by atoms with Crippen molar-refractivity contribution < 1.29 is 40.9 Å². The number of phenolic OH excluding ortho intramolecular Hbond substituents is 2. The summed E-state index contributed by atoms with van der Waals surface area (Å²) in [5.41, 5.74) is -0.449. The number of hydrogen-bond donors (Lipinski definition) is 5. The zero-order valence-corrected chi connectivity index (χ0v) is 15.9. The average molecular weight is 439 g/mol. The Kier molecular flexibility index (Phi) is 4.96. The summed E-state index contributed by atoms with van der Waals surface area (Å²) in [5.74, 6) is -1.92. The average Bonchev–Trinajstić information content (AvgIpc) is 2.59. The minimum absolute atomic E-state index is 0.159. The van der Waals surface area contributed by atoms with Crippen LogP contribution in [0.15, 0.2) is 58.3 Å². The van der Waals surface area contributed by atoms with Crippen LogP contribution >= 0.6 is 0 Å². The number of hydrogen-bond acceptors (Lipinski definition) is 7. The lowest BCUT2D eigenvalue weighted by Gasteiger charge is -2.13. The molecule has 0 radical (unpaired) electrons. The van der Waals surface area contributed by atoms with Crippen molar-refractivity contribution in [2.45, 2.75) is 9.79 Å². The van der Waals surface area contributed by atoms with Crippen LogP contribution in [0.1, 0.15) is 10.4 Å². The number of carbonyl (C=O) groups is 1. The quantitative estimate of drug-likeness (QED) is 0.380. The van der Waals surface area contributed by atoms with Crippen LogP contribution in [0.4, 0.5) is 5.69 Å². The van der Waals surface area contributed by atoms with Gasteiger partial charge in [-0.3, -0.25) is 13.9 Å². The fraction of sp³-hybridized carbons (Fsp3) is 0. The number of carbonyl (C=O) groups excluding carboxylic acids is 1. The molecule has 0 atom stereocenters. The molecule has 0 aliphatic heterocycles. The van der Waals surface area contributed by atoms with Crippen LogP contribution in [0.3, 0.4) is 0 Å². The number of fused-ring (bicyclic) bond motifs is 1. The van der Waals surface area contributed by atoms with Crippen LogP contribution in [0.5, 0.6) is 11.5 Å². The van der Waals surface area contributed by atoms with Crippen molar-refractivity contribution in [1.82, 2.24) is 0 Å². The highest BCUT2D eigenvalue weighted by Crippen LogP contribution is 2.37. The Bertz CT molecular complexity index is 1360. The SMILES string of the molecule is O=C(Nc1cc(S(=O)(=O)O)cc2cc(S(=O)(=O)O)cc(O)c12)c1ccccc1O. The zero-order chi connectivity index (χ0) is 21.6. The molecule has 0 aliphatic rings. The van der Waals surface area contributed by atoms with E-state index in [1.165, 1.54) is 24.3 Å². The van der Waals surface area contributed by atoms with Gasteiger partial charge in [-0.05, 0) is 35.7 Å². The third-order valence-corrected chi connectivity index (χ3v) is 5.63. The fourth-order valence-corrected chi connectivity index (χ4v) is 3.77. The largest absolute Gasteiger partial charge is 0.507 e. The van der Waals surface area contributed by atoms with Crippen LogP contribution in [-0.4, -0.2) is 42.1 Å². The molecule has 152 valence electrons. The number of para-hydroxylation sites is 1. The monoisotopic (exact) mass is 439 g/mol. The van der Waals surface area contributed by atoms with Gasteiger partial charge in [-0.2, -0.15) is 16.8 Å². The Morgan fingerprint density at radius 2 is 1.34 bits per heavy atom. The lowest BCUT2D eigenvalue weighted by molar-refractivity contribution is 0.102. The van der Waals surface area contributed by atoms with E-state index in [1.54, 1.807) is 0 Å². The molecule has 10 nitrogen and oxygen atoms in total. The van der Waals surface area contributed by atoms with E-state index in [-0.39, 0.29) is 27.8 Å². The zero-order valence-electron chi connectivity index (χ0n) is 14.3. The highest BCUT2D eigenvalue weighted by Gasteiger charge is 2.21. The lowest BCUT2D eigenvalue weighted by atomic mass is 10.1. The molecule has 0 saturated carbocycles. The maximum Gasteiger partial charge on any atom is 0.294 e. The molecule has 3 rings (SSSR count). The van der Waals surface area contributed by atoms with Gasteiger partial charge in [-0.1, -0.05) is 12.1 Å². The molecule has 3 aromatic rings. The van der Waals surface area contributed by atoms with E-state index in [2.05, 4.69) is 5.32 Å². The van der Waals surface area contributed by atoms with E-state index >= 15 is 0 Å². The summed E-state index contributed by atoms with van der Waals surface area (Å²) < 4.78 is 64.5. The molecular weight excluding hydrogens is 426 g/mol. The van der Waals surface area contributed by atoms with Gasteiger partial charge in [0, 0.05) is 11.5 Å². The number of phenols is 2. The summed E-state index contributed by atoms with van der Waals surface area (Å²) in [6, 6.07) is 8.75. The molecule has 3 aromatic carbocycles. The Morgan fingerprint density at radius 1 is 0.793 bits per heavy atom. The van der Waals surface area contributed by atoms with E-state index in [9.17, 15) is 40.9 Å². The second-order valence-corrected chi connectivity index (χ2v) is 8.78. The van der Waals surface area contributed by atoms with Crippen LogP contribution in [0.2, 0.25) is 0 Å². The van der Waals surface area contributed by atoms with Crippen molar-refractivity contribution in [3.8, 4) is 11.5 Å². The molecule has 29 heavy (non-hydrogen) atoms. The van der Waals surface area contributed by atoms with Gasteiger partial charge in [-0.25, -0.2) is 0 Å². The second kappa shape index (κ2) is 7.00. The van der Waals surface area contributed by atoms with Crippen molar-refractivity contribution in [3.05, 3.63) is 54.1 Å². The number of aromatic hydroxyl groups is 2. The molecular formula is C17H13NO9S2. The summed E-state index contributed by atoms with van der Waals surface area (Å²) in [7, 11) is -9.52. The van der Waals surface area contributed by atoms with Crippen LogP contribution in [0, 0.1) is 0 Å². The minimum Gasteiger partial charge on any atom is -0.507 e. The Balaban J connectivity index is 2.27. The van der Waals surface area contributed by atoms with E-state index in [0.717, 1.165) is 18.2 Å². The molecule has 12 heteroatoms. The normalized spacial score (nSPS) is 12.1. The van der Waals surface area contributed by atoms with Gasteiger partial charge in [0.25, 0.3) is 26.1 Å². The number of benzene rings is 3. The number of rotatable bonds is 4. The first kappa shape index (κ1) is 20.5. The molecule has 0 heterocycles. The van der Waals surface area contributed by atoms with Crippen molar-refractivity contribution in [1.29, 1.82) is 0 Å². The Hall–Kier alpha value is -3.19. The smallest absolute Gasteiger partial charge is 0.294 e. The molecule has 1 amide bonds. The third kappa shape index (κ3) is 4.14. The topological polar surface area (TPSA) is 178 Å². The first-order chi connectivity index (χ1) is 13.4. The first-order valence-electron chi connectivity index (χ1n) is 7.73. The van der Waals surface area contributed by atoms with Crippen LogP contribution in [0.25, 0.3) is 10.8 Å². The molecule has 0 spiro atoms. The Morgan fingerprint density at radius 3 is 1.90 bits per heavy atom. The Labute approximate surface area is 164 Å². The first-order valence-corrected chi connectivity index (χ1v) is 10.6. The molecule has 5 N–H and O–H groups in total. The maximum atomic E-state index is 12.5. The highest BCUT2D eigenvalue weighted by atomic mass is 32.2. The minimum atomic E-state index is -4.78. The fourth-order valence-electron chi connectivity index (χ4n) is 2.69. The molecule has 0 aromatic heterocycles. The summed E-state index contributed by atoms with van der Waals surface area (Å²) >= 11 is 0. The maximum absolute atomic E-state index is 12.5. The van der Waals surface area contributed by atoms with Gasteiger partial charge in [0.1, 0.15) is 11.5 Å². The highest BCUT2D eigenvalue weighted by molar-refractivity contribution is 7.86. The summed E-state index contributed by atoms with van der Waals surface area (Å²) in [6.07, 6.45) is 0. The van der Waals surface area contributed by atoms with E-state index in [4.69, 9.17) is 0 Å². The van der Waals surface area contributed by atoms with Crippen LogP contribution in [-0.2, 0) is 20.2 Å². The van der Waals surface area contributed by atoms with Crippen molar-refractivity contribution >= 4 is 42.6 Å². The lowest BCUT2D eigenvalue weighted by Crippen LogP contribution is -2.13. The second-order valence-electron chi connectivity index (χ2n) is 5.93. The van der Waals surface area contributed by atoms with Gasteiger partial charge >= 0.3 is 0 Å². The van der Waals surface area contributed by atoms with Gasteiger partial charge in [-0.15, -0.1) is 0 Å². The number of nitrogens with one attached hydrogen (secondary N) is 1. The summed E-state index contributed by atoms with van der Waals surface area (Å²) in [6.45, 7) is 0. The molecule has 0 saturated heterocycles. The predicted octanol–water partition coefficient (Wildman–Crippen LogP) is 2.00. The van der Waals surface area contributed by atoms with Crippen molar-refractivity contribution in [2.75, 3.05) is 5.32 Å².